The molecular weight excluding hydrogens is 369 g/mol. The third-order valence-electron chi connectivity index (χ3n) is 3.20. The van der Waals surface area contributed by atoms with Gasteiger partial charge in [-0.25, -0.2) is 4.79 Å². The van der Waals surface area contributed by atoms with Crippen molar-refractivity contribution in [2.75, 3.05) is 5.75 Å². The Morgan fingerprint density at radius 3 is 2.42 bits per heavy atom. The molecule has 4 nitrogen and oxygen atoms in total. The normalized spacial score (nSPS) is 10.4. The van der Waals surface area contributed by atoms with E-state index in [-0.39, 0.29) is 11.5 Å². The number of carboxylic acid groups (broad SMARTS) is 1. The zero-order valence-corrected chi connectivity index (χ0v) is 14.9. The summed E-state index contributed by atoms with van der Waals surface area (Å²) in [7, 11) is 0. The second-order valence-corrected chi connectivity index (χ2v) is 6.84. The van der Waals surface area contributed by atoms with Crippen molar-refractivity contribution in [3.63, 3.8) is 0 Å². The molecule has 0 saturated heterocycles. The van der Waals surface area contributed by atoms with Crippen LogP contribution in [0.5, 0.6) is 0 Å². The number of hydrogen-bond acceptors (Lipinski definition) is 3. The van der Waals surface area contributed by atoms with Crippen LogP contribution in [0.4, 0.5) is 0 Å². The fourth-order valence-electron chi connectivity index (χ4n) is 1.91. The van der Waals surface area contributed by atoms with Crippen LogP contribution in [-0.2, 0) is 17.1 Å². The number of carbonyl (C=O) groups excluding carboxylic acids is 1. The lowest BCUT2D eigenvalue weighted by Crippen LogP contribution is -2.24. The van der Waals surface area contributed by atoms with Gasteiger partial charge in [-0.05, 0) is 35.4 Å². The van der Waals surface area contributed by atoms with Gasteiger partial charge in [-0.1, -0.05) is 41.4 Å². The molecule has 0 unspecified atom stereocenters. The summed E-state index contributed by atoms with van der Waals surface area (Å²) in [6.07, 6.45) is 0. The molecule has 2 aromatic carbocycles. The topological polar surface area (TPSA) is 66.4 Å². The van der Waals surface area contributed by atoms with Crippen LogP contribution < -0.4 is 5.32 Å². The molecule has 0 heterocycles. The number of carbonyl (C=O) groups is 2. The Hall–Kier alpha value is -1.69. The van der Waals surface area contributed by atoms with Gasteiger partial charge >= 0.3 is 5.97 Å². The largest absolute Gasteiger partial charge is 0.478 e. The van der Waals surface area contributed by atoms with Crippen molar-refractivity contribution in [1.29, 1.82) is 0 Å². The SMILES string of the molecule is O=C(CSCc1ccc(Cl)cc1Cl)NCc1ccc(C(=O)O)cc1. The highest BCUT2D eigenvalue weighted by Gasteiger charge is 2.06. The fourth-order valence-corrected chi connectivity index (χ4v) is 3.32. The summed E-state index contributed by atoms with van der Waals surface area (Å²) < 4.78 is 0. The number of amides is 1. The molecule has 0 radical (unpaired) electrons. The summed E-state index contributed by atoms with van der Waals surface area (Å²) in [5.41, 5.74) is 2.00. The quantitative estimate of drug-likeness (QED) is 0.750. The average molecular weight is 384 g/mol. The number of rotatable bonds is 7. The first-order valence-electron chi connectivity index (χ1n) is 7.06. The summed E-state index contributed by atoms with van der Waals surface area (Å²) in [4.78, 5) is 22.6. The number of hydrogen-bond donors (Lipinski definition) is 2. The molecule has 0 aromatic heterocycles. The highest BCUT2D eigenvalue weighted by molar-refractivity contribution is 7.99. The molecular formula is C17H15Cl2NO3S. The lowest BCUT2D eigenvalue weighted by Gasteiger charge is -2.07. The second-order valence-electron chi connectivity index (χ2n) is 5.01. The minimum atomic E-state index is -0.970. The third kappa shape index (κ3) is 5.74. The predicted octanol–water partition coefficient (Wildman–Crippen LogP) is 4.24. The first-order valence-corrected chi connectivity index (χ1v) is 8.97. The van der Waals surface area contributed by atoms with Crippen LogP contribution in [0, 0.1) is 0 Å². The van der Waals surface area contributed by atoms with Crippen molar-refractivity contribution < 1.29 is 14.7 Å². The maximum atomic E-state index is 11.8. The minimum absolute atomic E-state index is 0.0904. The van der Waals surface area contributed by atoms with E-state index in [2.05, 4.69) is 5.32 Å². The molecule has 2 aromatic rings. The predicted molar refractivity (Wildman–Crippen MR) is 97.9 cm³/mol. The first kappa shape index (κ1) is 18.6. The van der Waals surface area contributed by atoms with Gasteiger partial charge in [-0.2, -0.15) is 0 Å². The van der Waals surface area contributed by atoms with Gasteiger partial charge in [-0.15, -0.1) is 11.8 Å². The summed E-state index contributed by atoms with van der Waals surface area (Å²) >= 11 is 13.4. The van der Waals surface area contributed by atoms with Crippen molar-refractivity contribution in [3.05, 3.63) is 69.2 Å². The molecule has 1 amide bonds. The molecule has 0 atom stereocenters. The van der Waals surface area contributed by atoms with E-state index in [0.29, 0.717) is 28.1 Å². The van der Waals surface area contributed by atoms with Gasteiger partial charge in [0.25, 0.3) is 0 Å². The van der Waals surface area contributed by atoms with E-state index in [4.69, 9.17) is 28.3 Å². The van der Waals surface area contributed by atoms with E-state index in [1.54, 1.807) is 24.3 Å². The van der Waals surface area contributed by atoms with Crippen LogP contribution in [0.3, 0.4) is 0 Å². The van der Waals surface area contributed by atoms with E-state index in [0.717, 1.165) is 11.1 Å². The van der Waals surface area contributed by atoms with E-state index >= 15 is 0 Å². The molecule has 0 saturated carbocycles. The van der Waals surface area contributed by atoms with Gasteiger partial charge in [0.1, 0.15) is 0 Å². The summed E-state index contributed by atoms with van der Waals surface area (Å²) in [5, 5.41) is 12.8. The maximum absolute atomic E-state index is 11.8. The Morgan fingerprint density at radius 1 is 1.08 bits per heavy atom. The number of thioether (sulfide) groups is 1. The lowest BCUT2D eigenvalue weighted by atomic mass is 10.1. The molecule has 0 bridgehead atoms. The highest BCUT2D eigenvalue weighted by Crippen LogP contribution is 2.24. The standard InChI is InChI=1S/C17H15Cl2NO3S/c18-14-6-5-13(15(19)7-14)9-24-10-16(21)20-8-11-1-3-12(4-2-11)17(22)23/h1-7H,8-10H2,(H,20,21)(H,22,23). The Bertz CT molecular complexity index is 735. The molecule has 0 aliphatic rings. The lowest BCUT2D eigenvalue weighted by molar-refractivity contribution is -0.118. The maximum Gasteiger partial charge on any atom is 0.335 e. The van der Waals surface area contributed by atoms with Crippen LogP contribution in [-0.4, -0.2) is 22.7 Å². The number of benzene rings is 2. The smallest absolute Gasteiger partial charge is 0.335 e. The van der Waals surface area contributed by atoms with E-state index < -0.39 is 5.97 Å². The Kier molecular flexibility index (Phi) is 6.97. The zero-order valence-electron chi connectivity index (χ0n) is 12.6. The minimum Gasteiger partial charge on any atom is -0.478 e. The molecule has 0 spiro atoms. The van der Waals surface area contributed by atoms with E-state index in [9.17, 15) is 9.59 Å². The van der Waals surface area contributed by atoms with Crippen LogP contribution in [0.1, 0.15) is 21.5 Å². The molecule has 126 valence electrons. The molecule has 0 aliphatic heterocycles. The zero-order chi connectivity index (χ0) is 17.5. The van der Waals surface area contributed by atoms with E-state index in [1.807, 2.05) is 6.07 Å². The summed E-state index contributed by atoms with van der Waals surface area (Å²) in [6, 6.07) is 11.7. The van der Waals surface area contributed by atoms with Gasteiger partial charge in [0.15, 0.2) is 0 Å². The number of aromatic carboxylic acids is 1. The molecule has 7 heteroatoms. The number of carboxylic acids is 1. The fraction of sp³-hybridized carbons (Fsp3) is 0.176. The van der Waals surface area contributed by atoms with Crippen LogP contribution in [0.2, 0.25) is 10.0 Å². The first-order chi connectivity index (χ1) is 11.5. The average Bonchev–Trinajstić information content (AvgIpc) is 2.55. The Balaban J connectivity index is 1.74. The Morgan fingerprint density at radius 2 is 1.79 bits per heavy atom. The molecule has 0 fully saturated rings. The second kappa shape index (κ2) is 8.97. The molecule has 2 rings (SSSR count). The Labute approximate surface area is 154 Å². The number of nitrogens with one attached hydrogen (secondary N) is 1. The van der Waals surface area contributed by atoms with Crippen LogP contribution in [0.25, 0.3) is 0 Å². The van der Waals surface area contributed by atoms with Gasteiger partial charge in [-0.3, -0.25) is 4.79 Å². The van der Waals surface area contributed by atoms with Crippen molar-refractivity contribution >= 4 is 46.8 Å². The monoisotopic (exact) mass is 383 g/mol. The van der Waals surface area contributed by atoms with Crippen molar-refractivity contribution in [2.45, 2.75) is 12.3 Å². The van der Waals surface area contributed by atoms with Crippen molar-refractivity contribution in [3.8, 4) is 0 Å². The molecule has 0 aliphatic carbocycles. The summed E-state index contributed by atoms with van der Waals surface area (Å²) in [6.45, 7) is 0.362. The third-order valence-corrected chi connectivity index (χ3v) is 4.76. The number of halogens is 2. The van der Waals surface area contributed by atoms with Crippen LogP contribution in [0.15, 0.2) is 42.5 Å². The summed E-state index contributed by atoms with van der Waals surface area (Å²) in [5.74, 6) is -0.127. The van der Waals surface area contributed by atoms with E-state index in [1.165, 1.54) is 23.9 Å². The molecule has 24 heavy (non-hydrogen) atoms. The van der Waals surface area contributed by atoms with Gasteiger partial charge in [0.05, 0.1) is 11.3 Å². The van der Waals surface area contributed by atoms with Gasteiger partial charge < -0.3 is 10.4 Å². The molecule has 2 N–H and O–H groups in total. The van der Waals surface area contributed by atoms with Gasteiger partial charge in [0.2, 0.25) is 5.91 Å². The highest BCUT2D eigenvalue weighted by atomic mass is 35.5. The van der Waals surface area contributed by atoms with Gasteiger partial charge in [0, 0.05) is 22.3 Å². The van der Waals surface area contributed by atoms with Crippen molar-refractivity contribution in [2.24, 2.45) is 0 Å². The van der Waals surface area contributed by atoms with Crippen molar-refractivity contribution in [1.82, 2.24) is 5.32 Å². The van der Waals surface area contributed by atoms with Crippen LogP contribution >= 0.6 is 35.0 Å².